The monoisotopic (exact) mass is 106 g/mol. The highest BCUT2D eigenvalue weighted by molar-refractivity contribution is 6.23. The second kappa shape index (κ2) is 1.27. The van der Waals surface area contributed by atoms with E-state index in [9.17, 15) is 4.79 Å². The van der Waals surface area contributed by atoms with Crippen LogP contribution in [0.1, 0.15) is 0 Å². The fraction of sp³-hybridized carbons (Fsp3) is 0. The molecule has 6 heavy (non-hydrogen) atoms. The van der Waals surface area contributed by atoms with Crippen LogP contribution in [0.3, 0.4) is 0 Å². The number of carbonyl (C=O) groups is 1. The molecule has 0 spiro atoms. The van der Waals surface area contributed by atoms with Crippen LogP contribution in [0.25, 0.3) is 0 Å². The lowest BCUT2D eigenvalue weighted by Gasteiger charge is -1.75. The molecule has 4 nitrogen and oxygen atoms in total. The third kappa shape index (κ3) is 0.497. The third-order valence-corrected chi connectivity index (χ3v) is 0.919. The summed E-state index contributed by atoms with van der Waals surface area (Å²) < 4.78 is 8.33. The van der Waals surface area contributed by atoms with Crippen LogP contribution in [0.5, 0.6) is 0 Å². The molecule has 1 aliphatic rings. The van der Waals surface area contributed by atoms with Crippen LogP contribution < -0.4 is 0 Å². The van der Waals surface area contributed by atoms with E-state index in [0.717, 1.165) is 0 Å². The van der Waals surface area contributed by atoms with E-state index in [-0.39, 0.29) is 0 Å². The first kappa shape index (κ1) is 3.63. The molecule has 34 valence electrons. The minimum Gasteiger partial charge on any atom is -0.463 e. The SMILES string of the molecule is O=C1OO[SiH2]O1. The van der Waals surface area contributed by atoms with E-state index >= 15 is 0 Å². The standard InChI is InChI=1S/CH2O4Si/c2-1-3-5-6-4-1/h6H2. The van der Waals surface area contributed by atoms with E-state index in [2.05, 4.69) is 13.9 Å². The van der Waals surface area contributed by atoms with Gasteiger partial charge in [0.05, 0.1) is 0 Å². The topological polar surface area (TPSA) is 44.8 Å². The van der Waals surface area contributed by atoms with E-state index in [4.69, 9.17) is 0 Å². The normalized spacial score (nSPS) is 23.7. The minimum absolute atomic E-state index is 0.707. The van der Waals surface area contributed by atoms with Crippen LogP contribution in [0.15, 0.2) is 0 Å². The Kier molecular flexibility index (Phi) is 0.769. The van der Waals surface area contributed by atoms with Crippen LogP contribution in [0.4, 0.5) is 4.79 Å². The number of rotatable bonds is 0. The Morgan fingerprint density at radius 2 is 2.50 bits per heavy atom. The summed E-state index contributed by atoms with van der Waals surface area (Å²) in [4.78, 5) is 13.6. The first-order valence-corrected chi connectivity index (χ1v) is 2.51. The van der Waals surface area contributed by atoms with E-state index in [0.29, 0.717) is 0 Å². The van der Waals surface area contributed by atoms with Crippen LogP contribution in [0.2, 0.25) is 0 Å². The van der Waals surface area contributed by atoms with Gasteiger partial charge in [-0.1, -0.05) is 0 Å². The second-order valence-electron chi connectivity index (χ2n) is 0.713. The molecule has 0 amide bonds. The van der Waals surface area contributed by atoms with Crippen LogP contribution in [-0.4, -0.2) is 16.2 Å². The molecule has 5 heteroatoms. The van der Waals surface area contributed by atoms with E-state index in [1.54, 1.807) is 0 Å². The largest absolute Gasteiger partial charge is 0.527 e. The van der Waals surface area contributed by atoms with Gasteiger partial charge in [0.15, 0.2) is 0 Å². The van der Waals surface area contributed by atoms with Gasteiger partial charge in [0, 0.05) is 0 Å². The fourth-order valence-electron chi connectivity index (χ4n) is 0.168. The van der Waals surface area contributed by atoms with Gasteiger partial charge in [0.1, 0.15) is 0 Å². The zero-order chi connectivity index (χ0) is 4.41. The van der Waals surface area contributed by atoms with Gasteiger partial charge in [-0.3, -0.25) is 4.89 Å². The second-order valence-corrected chi connectivity index (χ2v) is 1.47. The van der Waals surface area contributed by atoms with Crippen molar-refractivity contribution in [2.24, 2.45) is 0 Å². The summed E-state index contributed by atoms with van der Waals surface area (Å²) >= 11 is 0. The molecule has 0 aromatic heterocycles. The molecule has 0 unspecified atom stereocenters. The summed E-state index contributed by atoms with van der Waals surface area (Å²) in [6.45, 7) is 0. The molecule has 0 radical (unpaired) electrons. The van der Waals surface area contributed by atoms with Crippen molar-refractivity contribution in [1.82, 2.24) is 0 Å². The summed E-state index contributed by atoms with van der Waals surface area (Å²) in [5.74, 6) is 0. The molecule has 0 aromatic carbocycles. The van der Waals surface area contributed by atoms with Crippen molar-refractivity contribution in [2.75, 3.05) is 0 Å². The maximum atomic E-state index is 9.71. The summed E-state index contributed by atoms with van der Waals surface area (Å²) in [5.41, 5.74) is 0. The highest BCUT2D eigenvalue weighted by atomic mass is 28.3. The van der Waals surface area contributed by atoms with Crippen LogP contribution in [0, 0.1) is 0 Å². The molecule has 0 aliphatic carbocycles. The summed E-state index contributed by atoms with van der Waals surface area (Å²) in [7, 11) is -1.08. The van der Waals surface area contributed by atoms with Crippen molar-refractivity contribution in [3.05, 3.63) is 0 Å². The number of hydrogen-bond acceptors (Lipinski definition) is 4. The fourth-order valence-corrected chi connectivity index (χ4v) is 0.505. The Morgan fingerprint density at radius 3 is 2.67 bits per heavy atom. The van der Waals surface area contributed by atoms with E-state index in [1.165, 1.54) is 0 Å². The minimum atomic E-state index is -1.08. The van der Waals surface area contributed by atoms with Gasteiger partial charge >= 0.3 is 16.2 Å². The molecule has 1 aliphatic heterocycles. The molecule has 1 heterocycles. The smallest absolute Gasteiger partial charge is 0.463 e. The molecule has 1 saturated heterocycles. The molecular weight excluding hydrogens is 104 g/mol. The van der Waals surface area contributed by atoms with Gasteiger partial charge in [-0.05, 0) is 0 Å². The van der Waals surface area contributed by atoms with Gasteiger partial charge < -0.3 is 4.43 Å². The maximum absolute atomic E-state index is 9.71. The van der Waals surface area contributed by atoms with Gasteiger partial charge in [-0.2, -0.15) is 4.58 Å². The molecule has 0 aromatic rings. The summed E-state index contributed by atoms with van der Waals surface area (Å²) in [6, 6.07) is 0. The lowest BCUT2D eigenvalue weighted by molar-refractivity contribution is -0.124. The van der Waals surface area contributed by atoms with Gasteiger partial charge in [-0.15, -0.1) is 0 Å². The van der Waals surface area contributed by atoms with Gasteiger partial charge in [0.25, 0.3) is 0 Å². The Balaban J connectivity index is 2.37. The van der Waals surface area contributed by atoms with Crippen molar-refractivity contribution in [2.45, 2.75) is 0 Å². The van der Waals surface area contributed by atoms with Crippen molar-refractivity contribution in [3.8, 4) is 0 Å². The number of hydrogen-bond donors (Lipinski definition) is 0. The molecule has 1 fully saturated rings. The van der Waals surface area contributed by atoms with Crippen molar-refractivity contribution in [3.63, 3.8) is 0 Å². The van der Waals surface area contributed by atoms with Crippen molar-refractivity contribution >= 4 is 16.2 Å². The summed E-state index contributed by atoms with van der Waals surface area (Å²) in [5, 5.41) is 0. The third-order valence-electron chi connectivity index (χ3n) is 0.352. The first-order valence-electron chi connectivity index (χ1n) is 1.36. The Hall–Kier alpha value is -0.553. The van der Waals surface area contributed by atoms with Crippen molar-refractivity contribution < 1.29 is 18.7 Å². The quantitative estimate of drug-likeness (QED) is 0.296. The van der Waals surface area contributed by atoms with E-state index < -0.39 is 16.2 Å². The molecule has 0 atom stereocenters. The molecule has 0 bridgehead atoms. The predicted octanol–water partition coefficient (Wildman–Crippen LogP) is -0.916. The molecule has 0 N–H and O–H groups in total. The zero-order valence-electron chi connectivity index (χ0n) is 2.84. The first-order chi connectivity index (χ1) is 2.89. The Labute approximate surface area is 36.0 Å². The lowest BCUT2D eigenvalue weighted by atomic mass is 11.4. The Bertz CT molecular complexity index is 61.9. The highest BCUT2D eigenvalue weighted by Crippen LogP contribution is 1.91. The Morgan fingerprint density at radius 1 is 1.67 bits per heavy atom. The predicted molar refractivity (Wildman–Crippen MR) is 17.2 cm³/mol. The van der Waals surface area contributed by atoms with E-state index in [1.807, 2.05) is 0 Å². The highest BCUT2D eigenvalue weighted by Gasteiger charge is 2.12. The van der Waals surface area contributed by atoms with Crippen LogP contribution in [-0.2, 0) is 13.9 Å². The maximum Gasteiger partial charge on any atom is 0.527 e. The van der Waals surface area contributed by atoms with Crippen LogP contribution >= 0.6 is 0 Å². The van der Waals surface area contributed by atoms with Gasteiger partial charge in [0.2, 0.25) is 0 Å². The van der Waals surface area contributed by atoms with Crippen molar-refractivity contribution in [1.29, 1.82) is 0 Å². The number of carbonyl (C=O) groups excluding carboxylic acids is 1. The molecular formula is CH2O4Si. The average Bonchev–Trinajstić information content (AvgIpc) is 1.86. The summed E-state index contributed by atoms with van der Waals surface area (Å²) in [6.07, 6.45) is -0.707. The molecule has 1 rings (SSSR count). The molecule has 0 saturated carbocycles. The zero-order valence-corrected chi connectivity index (χ0v) is 4.25. The lowest BCUT2D eigenvalue weighted by Crippen LogP contribution is -1.89. The average molecular weight is 106 g/mol. The van der Waals surface area contributed by atoms with Gasteiger partial charge in [-0.25, -0.2) is 4.79 Å².